The Morgan fingerprint density at radius 1 is 1.33 bits per heavy atom. The Kier molecular flexibility index (Phi) is 2.97. The van der Waals surface area contributed by atoms with Gasteiger partial charge in [0, 0.05) is 16.4 Å². The molecule has 0 aliphatic heterocycles. The standard InChI is InChI=1S/C7H5ClF3NO2S/c1-4-2-5(15(8,13)14)3-6(12-4)7(9,10)11/h2-3H,1H3. The third-order valence-corrected chi connectivity index (χ3v) is 2.83. The van der Waals surface area contributed by atoms with Crippen LogP contribution in [0, 0.1) is 6.92 Å². The van der Waals surface area contributed by atoms with E-state index in [9.17, 15) is 21.6 Å². The van der Waals surface area contributed by atoms with Crippen LogP contribution in [-0.4, -0.2) is 13.4 Å². The average molecular weight is 260 g/mol. The van der Waals surface area contributed by atoms with E-state index in [0.29, 0.717) is 6.07 Å². The first-order valence-electron chi connectivity index (χ1n) is 3.61. The number of alkyl halides is 3. The molecule has 0 saturated carbocycles. The number of nitrogens with zero attached hydrogens (tertiary/aromatic N) is 1. The molecule has 3 nitrogen and oxygen atoms in total. The van der Waals surface area contributed by atoms with Gasteiger partial charge in [0.15, 0.2) is 0 Å². The lowest BCUT2D eigenvalue weighted by molar-refractivity contribution is -0.141. The zero-order valence-corrected chi connectivity index (χ0v) is 8.91. The normalized spacial score (nSPS) is 12.9. The Balaban J connectivity index is 3.43. The number of aromatic nitrogens is 1. The third kappa shape index (κ3) is 3.07. The van der Waals surface area contributed by atoms with E-state index in [4.69, 9.17) is 10.7 Å². The molecule has 0 bridgehead atoms. The van der Waals surface area contributed by atoms with Crippen LogP contribution < -0.4 is 0 Å². The van der Waals surface area contributed by atoms with E-state index in [1.54, 1.807) is 0 Å². The molecule has 0 aliphatic rings. The quantitative estimate of drug-likeness (QED) is 0.727. The second kappa shape index (κ2) is 3.64. The topological polar surface area (TPSA) is 47.0 Å². The van der Waals surface area contributed by atoms with Crippen molar-refractivity contribution in [2.45, 2.75) is 18.0 Å². The number of halogens is 4. The summed E-state index contributed by atoms with van der Waals surface area (Å²) in [6.07, 6.45) is -4.69. The maximum Gasteiger partial charge on any atom is 0.433 e. The molecule has 0 atom stereocenters. The minimum absolute atomic E-state index is 0.0657. The average Bonchev–Trinajstić information content (AvgIpc) is 1.99. The van der Waals surface area contributed by atoms with Crippen molar-refractivity contribution in [3.63, 3.8) is 0 Å². The van der Waals surface area contributed by atoms with Gasteiger partial charge in [0.1, 0.15) is 5.69 Å². The van der Waals surface area contributed by atoms with Gasteiger partial charge in [-0.2, -0.15) is 13.2 Å². The van der Waals surface area contributed by atoms with Crippen molar-refractivity contribution in [3.8, 4) is 0 Å². The first-order chi connectivity index (χ1) is 6.60. The lowest BCUT2D eigenvalue weighted by atomic mass is 10.3. The smallest absolute Gasteiger partial charge is 0.249 e. The van der Waals surface area contributed by atoms with E-state index in [1.165, 1.54) is 6.92 Å². The van der Waals surface area contributed by atoms with Crippen molar-refractivity contribution < 1.29 is 21.6 Å². The van der Waals surface area contributed by atoms with Gasteiger partial charge in [0.2, 0.25) is 0 Å². The molecule has 1 aromatic heterocycles. The molecule has 1 rings (SSSR count). The predicted octanol–water partition coefficient (Wildman–Crippen LogP) is 2.34. The number of pyridine rings is 1. The molecule has 0 saturated heterocycles. The van der Waals surface area contributed by atoms with Gasteiger partial charge in [-0.25, -0.2) is 13.4 Å². The van der Waals surface area contributed by atoms with Crippen molar-refractivity contribution in [1.82, 2.24) is 4.98 Å². The summed E-state index contributed by atoms with van der Waals surface area (Å²) >= 11 is 0. The number of aryl methyl sites for hydroxylation is 1. The van der Waals surface area contributed by atoms with Crippen molar-refractivity contribution in [3.05, 3.63) is 23.5 Å². The highest BCUT2D eigenvalue weighted by atomic mass is 35.7. The molecule has 15 heavy (non-hydrogen) atoms. The van der Waals surface area contributed by atoms with Gasteiger partial charge in [-0.15, -0.1) is 0 Å². The van der Waals surface area contributed by atoms with E-state index >= 15 is 0 Å². The molecular formula is C7H5ClF3NO2S. The van der Waals surface area contributed by atoms with Crippen LogP contribution in [0.5, 0.6) is 0 Å². The zero-order valence-electron chi connectivity index (χ0n) is 7.34. The van der Waals surface area contributed by atoms with Gasteiger partial charge >= 0.3 is 6.18 Å². The lowest BCUT2D eigenvalue weighted by Crippen LogP contribution is -2.10. The van der Waals surface area contributed by atoms with Crippen molar-refractivity contribution in [1.29, 1.82) is 0 Å². The Bertz CT molecular complexity index is 483. The zero-order chi connectivity index (χ0) is 11.9. The summed E-state index contributed by atoms with van der Waals surface area (Å²) in [4.78, 5) is 2.56. The van der Waals surface area contributed by atoms with Crippen LogP contribution >= 0.6 is 10.7 Å². The molecule has 0 unspecified atom stereocenters. The molecular weight excluding hydrogens is 255 g/mol. The van der Waals surface area contributed by atoms with Crippen molar-refractivity contribution in [2.24, 2.45) is 0 Å². The van der Waals surface area contributed by atoms with Gasteiger partial charge < -0.3 is 0 Å². The van der Waals surface area contributed by atoms with E-state index in [1.807, 2.05) is 0 Å². The Morgan fingerprint density at radius 3 is 2.27 bits per heavy atom. The van der Waals surface area contributed by atoms with Gasteiger partial charge in [-0.3, -0.25) is 0 Å². The second-order valence-corrected chi connectivity index (χ2v) is 5.33. The first kappa shape index (κ1) is 12.3. The van der Waals surface area contributed by atoms with Crippen molar-refractivity contribution in [2.75, 3.05) is 0 Å². The fourth-order valence-electron chi connectivity index (χ4n) is 0.923. The summed E-state index contributed by atoms with van der Waals surface area (Å²) in [5, 5.41) is 0. The lowest BCUT2D eigenvalue weighted by Gasteiger charge is -2.07. The highest BCUT2D eigenvalue weighted by Crippen LogP contribution is 2.30. The summed E-state index contributed by atoms with van der Waals surface area (Å²) in [5.74, 6) is 0. The van der Waals surface area contributed by atoms with E-state index in [0.717, 1.165) is 6.07 Å². The molecule has 84 valence electrons. The Morgan fingerprint density at radius 2 is 1.87 bits per heavy atom. The number of hydrogen-bond acceptors (Lipinski definition) is 3. The van der Waals surface area contributed by atoms with Crippen LogP contribution in [0.4, 0.5) is 13.2 Å². The Labute approximate surface area is 88.3 Å². The van der Waals surface area contributed by atoms with Gasteiger partial charge in [0.25, 0.3) is 9.05 Å². The minimum atomic E-state index is -4.69. The molecule has 0 fully saturated rings. The fraction of sp³-hybridized carbons (Fsp3) is 0.286. The first-order valence-corrected chi connectivity index (χ1v) is 5.92. The highest BCUT2D eigenvalue weighted by Gasteiger charge is 2.33. The number of hydrogen-bond donors (Lipinski definition) is 0. The van der Waals surface area contributed by atoms with Gasteiger partial charge in [-0.1, -0.05) is 0 Å². The second-order valence-electron chi connectivity index (χ2n) is 2.77. The molecule has 1 aromatic rings. The third-order valence-electron chi connectivity index (χ3n) is 1.50. The summed E-state index contributed by atoms with van der Waals surface area (Å²) in [6, 6.07) is 1.37. The number of rotatable bonds is 1. The van der Waals surface area contributed by atoms with Crippen molar-refractivity contribution >= 4 is 19.7 Å². The molecule has 0 amide bonds. The molecule has 0 aromatic carbocycles. The Hall–Kier alpha value is -0.820. The van der Waals surface area contributed by atoms with E-state index < -0.39 is 25.8 Å². The van der Waals surface area contributed by atoms with Gasteiger partial charge in [-0.05, 0) is 19.1 Å². The maximum atomic E-state index is 12.2. The van der Waals surface area contributed by atoms with E-state index in [-0.39, 0.29) is 5.69 Å². The summed E-state index contributed by atoms with van der Waals surface area (Å²) in [7, 11) is 0.754. The molecule has 0 spiro atoms. The van der Waals surface area contributed by atoms with Crippen LogP contribution in [0.3, 0.4) is 0 Å². The van der Waals surface area contributed by atoms with E-state index in [2.05, 4.69) is 4.98 Å². The summed E-state index contributed by atoms with van der Waals surface area (Å²) in [5.41, 5.74) is -1.34. The van der Waals surface area contributed by atoms with Crippen LogP contribution in [0.1, 0.15) is 11.4 Å². The van der Waals surface area contributed by atoms with Crippen LogP contribution in [0.25, 0.3) is 0 Å². The molecule has 1 heterocycles. The van der Waals surface area contributed by atoms with Gasteiger partial charge in [0.05, 0.1) is 4.90 Å². The summed E-state index contributed by atoms with van der Waals surface area (Å²) in [6.45, 7) is 1.25. The fourth-order valence-corrected chi connectivity index (χ4v) is 1.75. The van der Waals surface area contributed by atoms with Crippen LogP contribution in [0.2, 0.25) is 0 Å². The van der Waals surface area contributed by atoms with Crippen LogP contribution in [-0.2, 0) is 15.2 Å². The summed E-state index contributed by atoms with van der Waals surface area (Å²) < 4.78 is 58.4. The molecule has 0 aliphatic carbocycles. The molecule has 8 heteroatoms. The SMILES string of the molecule is Cc1cc(S(=O)(=O)Cl)cc(C(F)(F)F)n1. The molecule has 0 N–H and O–H groups in total. The maximum absolute atomic E-state index is 12.2. The molecule has 0 radical (unpaired) electrons. The van der Waals surface area contributed by atoms with Crippen LogP contribution in [0.15, 0.2) is 17.0 Å². The largest absolute Gasteiger partial charge is 0.433 e. The predicted molar refractivity (Wildman–Crippen MR) is 47.0 cm³/mol. The minimum Gasteiger partial charge on any atom is -0.249 e. The highest BCUT2D eigenvalue weighted by molar-refractivity contribution is 8.13. The monoisotopic (exact) mass is 259 g/mol.